The number of hydrogen-bond donors (Lipinski definition) is 1. The number of carboxylic acids is 1. The molecule has 0 bridgehead atoms. The van der Waals surface area contributed by atoms with Crippen LogP contribution in [-0.4, -0.2) is 15.4 Å². The quantitative estimate of drug-likeness (QED) is 0.789. The van der Waals surface area contributed by atoms with E-state index in [1.54, 1.807) is 0 Å². The van der Waals surface area contributed by atoms with Gasteiger partial charge in [0.2, 0.25) is 0 Å². The van der Waals surface area contributed by atoms with Crippen molar-refractivity contribution in [2.45, 2.75) is 25.7 Å². The number of hydrogen-bond acceptors (Lipinski definition) is 3. The van der Waals surface area contributed by atoms with Crippen molar-refractivity contribution in [3.05, 3.63) is 16.6 Å². The Kier molecular flexibility index (Phi) is 2.07. The maximum Gasteiger partial charge on any atom is 0.307 e. The number of aliphatic carboxylic acids is 1. The average Bonchev–Trinajstić information content (AvgIpc) is 2.32. The predicted octanol–water partition coefficient (Wildman–Crippen LogP) is 2.03. The van der Waals surface area contributed by atoms with Crippen molar-refractivity contribution in [3.8, 4) is 0 Å². The molecule has 2 unspecified atom stereocenters. The van der Waals surface area contributed by atoms with E-state index in [1.165, 1.54) is 11.5 Å². The summed E-state index contributed by atoms with van der Waals surface area (Å²) in [7, 11) is 0. The van der Waals surface area contributed by atoms with Gasteiger partial charge in [-0.1, -0.05) is 0 Å². The van der Waals surface area contributed by atoms with Crippen LogP contribution in [0, 0.1) is 12.8 Å². The molecule has 1 fully saturated rings. The van der Waals surface area contributed by atoms with Gasteiger partial charge in [-0.2, -0.15) is 4.37 Å². The van der Waals surface area contributed by atoms with Crippen molar-refractivity contribution in [2.24, 2.45) is 5.92 Å². The molecule has 3 nitrogen and oxygen atoms in total. The normalized spacial score (nSPS) is 26.8. The molecule has 1 N–H and O–H groups in total. The van der Waals surface area contributed by atoms with Gasteiger partial charge >= 0.3 is 5.97 Å². The van der Waals surface area contributed by atoms with Gasteiger partial charge in [0.05, 0.1) is 11.6 Å². The van der Waals surface area contributed by atoms with Crippen molar-refractivity contribution in [3.63, 3.8) is 0 Å². The van der Waals surface area contributed by atoms with Gasteiger partial charge < -0.3 is 5.11 Å². The summed E-state index contributed by atoms with van der Waals surface area (Å²) in [5.41, 5.74) is 0.996. The fraction of sp³-hybridized carbons (Fsp3) is 0.556. The maximum atomic E-state index is 10.8. The van der Waals surface area contributed by atoms with Crippen molar-refractivity contribution >= 4 is 17.5 Å². The Morgan fingerprint density at radius 2 is 2.46 bits per heavy atom. The topological polar surface area (TPSA) is 50.2 Å². The number of aryl methyl sites for hydroxylation is 1. The molecule has 0 saturated heterocycles. The second-order valence-electron chi connectivity index (χ2n) is 3.50. The molecule has 1 heterocycles. The zero-order valence-electron chi connectivity index (χ0n) is 7.36. The lowest BCUT2D eigenvalue weighted by Crippen LogP contribution is -2.30. The summed E-state index contributed by atoms with van der Waals surface area (Å²) in [5, 5.41) is 8.86. The van der Waals surface area contributed by atoms with E-state index in [0.717, 1.165) is 23.4 Å². The first-order valence-corrected chi connectivity index (χ1v) is 5.12. The summed E-state index contributed by atoms with van der Waals surface area (Å²) in [5.74, 6) is -0.606. The van der Waals surface area contributed by atoms with Crippen LogP contribution in [0.2, 0.25) is 0 Å². The van der Waals surface area contributed by atoms with Gasteiger partial charge in [0.25, 0.3) is 0 Å². The van der Waals surface area contributed by atoms with Crippen LogP contribution in [0.15, 0.2) is 6.07 Å². The average molecular weight is 197 g/mol. The predicted molar refractivity (Wildman–Crippen MR) is 50.0 cm³/mol. The Labute approximate surface area is 80.6 Å². The fourth-order valence-corrected chi connectivity index (χ4v) is 2.64. The molecule has 0 aromatic carbocycles. The highest BCUT2D eigenvalue weighted by Gasteiger charge is 2.38. The van der Waals surface area contributed by atoms with E-state index in [4.69, 9.17) is 5.11 Å². The first kappa shape index (κ1) is 8.69. The van der Waals surface area contributed by atoms with E-state index in [9.17, 15) is 4.79 Å². The minimum absolute atomic E-state index is 0.167. The van der Waals surface area contributed by atoms with Crippen LogP contribution in [0.4, 0.5) is 0 Å². The first-order chi connectivity index (χ1) is 6.18. The smallest absolute Gasteiger partial charge is 0.307 e. The number of rotatable bonds is 2. The number of carboxylic acid groups (broad SMARTS) is 1. The Morgan fingerprint density at radius 1 is 1.69 bits per heavy atom. The summed E-state index contributed by atoms with van der Waals surface area (Å²) in [6, 6.07) is 2.00. The molecule has 2 rings (SSSR count). The second kappa shape index (κ2) is 3.10. The van der Waals surface area contributed by atoms with Gasteiger partial charge in [0.1, 0.15) is 0 Å². The fourth-order valence-electron chi connectivity index (χ4n) is 1.69. The molecule has 13 heavy (non-hydrogen) atoms. The molecule has 0 radical (unpaired) electrons. The van der Waals surface area contributed by atoms with Crippen molar-refractivity contribution < 1.29 is 9.90 Å². The van der Waals surface area contributed by atoms with Crippen LogP contribution < -0.4 is 0 Å². The van der Waals surface area contributed by atoms with Gasteiger partial charge in [-0.15, -0.1) is 0 Å². The van der Waals surface area contributed by atoms with Gasteiger partial charge in [-0.05, 0) is 37.4 Å². The van der Waals surface area contributed by atoms with Gasteiger partial charge in [-0.25, -0.2) is 0 Å². The molecule has 0 spiro atoms. The third-order valence-corrected chi connectivity index (χ3v) is 3.61. The highest BCUT2D eigenvalue weighted by Crippen LogP contribution is 2.44. The monoisotopic (exact) mass is 197 g/mol. The summed E-state index contributed by atoms with van der Waals surface area (Å²) in [6.07, 6.45) is 1.82. The summed E-state index contributed by atoms with van der Waals surface area (Å²) in [6.45, 7) is 1.94. The summed E-state index contributed by atoms with van der Waals surface area (Å²) in [4.78, 5) is 11.9. The Balaban J connectivity index is 2.14. The van der Waals surface area contributed by atoms with E-state index >= 15 is 0 Å². The lowest BCUT2D eigenvalue weighted by Gasteiger charge is -2.31. The molecule has 0 amide bonds. The van der Waals surface area contributed by atoms with E-state index in [1.807, 2.05) is 13.0 Å². The van der Waals surface area contributed by atoms with Gasteiger partial charge in [-0.3, -0.25) is 4.79 Å². The van der Waals surface area contributed by atoms with Crippen molar-refractivity contribution in [1.82, 2.24) is 4.37 Å². The van der Waals surface area contributed by atoms with Gasteiger partial charge in [0.15, 0.2) is 0 Å². The maximum absolute atomic E-state index is 10.8. The number of aromatic nitrogens is 1. The summed E-state index contributed by atoms with van der Waals surface area (Å²) >= 11 is 1.44. The lowest BCUT2D eigenvalue weighted by atomic mass is 9.73. The van der Waals surface area contributed by atoms with Crippen LogP contribution >= 0.6 is 11.5 Å². The van der Waals surface area contributed by atoms with Crippen molar-refractivity contribution in [1.29, 1.82) is 0 Å². The molecule has 1 aliphatic carbocycles. The number of carbonyl (C=O) groups is 1. The van der Waals surface area contributed by atoms with E-state index in [2.05, 4.69) is 4.37 Å². The molecule has 1 aromatic rings. The SMILES string of the molecule is Cc1cc(C2CCC2C(=O)O)sn1. The summed E-state index contributed by atoms with van der Waals surface area (Å²) < 4.78 is 4.16. The Hall–Kier alpha value is -0.900. The van der Waals surface area contributed by atoms with Crippen LogP contribution in [0.25, 0.3) is 0 Å². The molecule has 2 atom stereocenters. The van der Waals surface area contributed by atoms with Gasteiger partial charge in [0, 0.05) is 10.8 Å². The van der Waals surface area contributed by atoms with E-state index in [-0.39, 0.29) is 11.8 Å². The molecule has 1 saturated carbocycles. The standard InChI is InChI=1S/C9H11NO2S/c1-5-4-8(13-10-5)6-2-3-7(6)9(11)12/h4,6-7H,2-3H2,1H3,(H,11,12). The minimum Gasteiger partial charge on any atom is -0.481 e. The molecule has 1 aliphatic rings. The third-order valence-electron chi connectivity index (χ3n) is 2.60. The van der Waals surface area contributed by atoms with E-state index in [0.29, 0.717) is 0 Å². The van der Waals surface area contributed by atoms with Crippen LogP contribution in [0.5, 0.6) is 0 Å². The molecular formula is C9H11NO2S. The zero-order valence-corrected chi connectivity index (χ0v) is 8.17. The van der Waals surface area contributed by atoms with Crippen molar-refractivity contribution in [2.75, 3.05) is 0 Å². The molecular weight excluding hydrogens is 186 g/mol. The molecule has 4 heteroatoms. The lowest BCUT2D eigenvalue weighted by molar-refractivity contribution is -0.145. The molecule has 1 aromatic heterocycles. The van der Waals surface area contributed by atoms with Crippen LogP contribution in [-0.2, 0) is 4.79 Å². The largest absolute Gasteiger partial charge is 0.481 e. The highest BCUT2D eigenvalue weighted by atomic mass is 32.1. The van der Waals surface area contributed by atoms with Crippen LogP contribution in [0.3, 0.4) is 0 Å². The second-order valence-corrected chi connectivity index (χ2v) is 4.34. The van der Waals surface area contributed by atoms with E-state index < -0.39 is 5.97 Å². The Bertz CT molecular complexity index is 334. The first-order valence-electron chi connectivity index (χ1n) is 4.34. The highest BCUT2D eigenvalue weighted by molar-refractivity contribution is 7.05. The third kappa shape index (κ3) is 1.46. The van der Waals surface area contributed by atoms with Crippen LogP contribution in [0.1, 0.15) is 29.3 Å². The molecule has 0 aliphatic heterocycles. The number of nitrogens with zero attached hydrogens (tertiary/aromatic N) is 1. The Morgan fingerprint density at radius 3 is 2.85 bits per heavy atom. The minimum atomic E-state index is -0.665. The zero-order chi connectivity index (χ0) is 9.42. The molecule has 70 valence electrons.